The molecule has 0 fully saturated rings. The molecular weight excluding hydrogens is 166 g/mol. The normalized spacial score (nSPS) is 11.0. The molecule has 68 valence electrons. The molecule has 0 unspecified atom stereocenters. The van der Waals surface area contributed by atoms with Gasteiger partial charge >= 0.3 is 0 Å². The van der Waals surface area contributed by atoms with Crippen LogP contribution in [0.15, 0.2) is 12.4 Å². The minimum absolute atomic E-state index is 0.0351. The van der Waals surface area contributed by atoms with E-state index in [2.05, 4.69) is 9.97 Å². The number of hydrogen-bond acceptors (Lipinski definition) is 3. The number of aromatic nitrogens is 3. The molecular formula is C9H11N3O. The maximum atomic E-state index is 8.90. The Balaban J connectivity index is 2.75. The van der Waals surface area contributed by atoms with Gasteiger partial charge in [-0.05, 0) is 13.8 Å². The molecule has 0 bridgehead atoms. The summed E-state index contributed by atoms with van der Waals surface area (Å²) in [6, 6.07) is 0. The quantitative estimate of drug-likeness (QED) is 0.702. The standard InChI is InChI=1S/C9H11N3O/c1-6-7(2)12-4-8(5-13)10-3-9(12)11-6/h3-4,13H,5H2,1-2H3. The van der Waals surface area contributed by atoms with Gasteiger partial charge in [-0.2, -0.15) is 0 Å². The Kier molecular flexibility index (Phi) is 1.77. The van der Waals surface area contributed by atoms with Gasteiger partial charge in [0.15, 0.2) is 5.65 Å². The van der Waals surface area contributed by atoms with Gasteiger partial charge < -0.3 is 9.51 Å². The number of aliphatic hydroxyl groups is 1. The smallest absolute Gasteiger partial charge is 0.155 e. The molecule has 4 nitrogen and oxygen atoms in total. The van der Waals surface area contributed by atoms with Crippen LogP contribution in [0.1, 0.15) is 17.1 Å². The summed E-state index contributed by atoms with van der Waals surface area (Å²) in [5.41, 5.74) is 3.57. The Morgan fingerprint density at radius 3 is 2.92 bits per heavy atom. The van der Waals surface area contributed by atoms with E-state index in [1.165, 1.54) is 0 Å². The van der Waals surface area contributed by atoms with Crippen LogP contribution in [0.4, 0.5) is 0 Å². The molecule has 0 aliphatic rings. The number of aryl methyl sites for hydroxylation is 2. The first kappa shape index (κ1) is 8.19. The summed E-state index contributed by atoms with van der Waals surface area (Å²) < 4.78 is 1.94. The van der Waals surface area contributed by atoms with E-state index in [0.29, 0.717) is 5.69 Å². The number of fused-ring (bicyclic) bond motifs is 1. The highest BCUT2D eigenvalue weighted by molar-refractivity contribution is 5.40. The number of aliphatic hydroxyl groups excluding tert-OH is 1. The fraction of sp³-hybridized carbons (Fsp3) is 0.333. The number of rotatable bonds is 1. The lowest BCUT2D eigenvalue weighted by atomic mass is 10.4. The Labute approximate surface area is 75.9 Å². The first-order chi connectivity index (χ1) is 6.22. The molecule has 0 aliphatic heterocycles. The Bertz CT molecular complexity index is 447. The average Bonchev–Trinajstić information content (AvgIpc) is 2.43. The second-order valence-electron chi connectivity index (χ2n) is 3.05. The maximum Gasteiger partial charge on any atom is 0.155 e. The Hall–Kier alpha value is -1.42. The Morgan fingerprint density at radius 1 is 1.46 bits per heavy atom. The summed E-state index contributed by atoms with van der Waals surface area (Å²) in [7, 11) is 0. The highest BCUT2D eigenvalue weighted by Gasteiger charge is 2.04. The van der Waals surface area contributed by atoms with Crippen LogP contribution in [0.25, 0.3) is 5.65 Å². The van der Waals surface area contributed by atoms with Crippen molar-refractivity contribution in [1.82, 2.24) is 14.4 Å². The minimum Gasteiger partial charge on any atom is -0.390 e. The van der Waals surface area contributed by atoms with Crippen molar-refractivity contribution in [3.63, 3.8) is 0 Å². The van der Waals surface area contributed by atoms with E-state index in [4.69, 9.17) is 5.11 Å². The van der Waals surface area contributed by atoms with Crippen molar-refractivity contribution in [3.8, 4) is 0 Å². The van der Waals surface area contributed by atoms with Crippen molar-refractivity contribution in [3.05, 3.63) is 29.5 Å². The van der Waals surface area contributed by atoms with Gasteiger partial charge in [0.1, 0.15) is 0 Å². The van der Waals surface area contributed by atoms with Gasteiger partial charge in [-0.15, -0.1) is 0 Å². The SMILES string of the molecule is Cc1nc2cnc(CO)cn2c1C. The van der Waals surface area contributed by atoms with Gasteiger partial charge in [0.05, 0.1) is 24.2 Å². The van der Waals surface area contributed by atoms with E-state index in [0.717, 1.165) is 17.0 Å². The van der Waals surface area contributed by atoms with Gasteiger partial charge in [-0.25, -0.2) is 4.98 Å². The van der Waals surface area contributed by atoms with Crippen molar-refractivity contribution in [2.24, 2.45) is 0 Å². The summed E-state index contributed by atoms with van der Waals surface area (Å²) in [6.07, 6.45) is 3.48. The molecule has 13 heavy (non-hydrogen) atoms. The molecule has 0 aromatic carbocycles. The summed E-state index contributed by atoms with van der Waals surface area (Å²) >= 11 is 0. The van der Waals surface area contributed by atoms with Gasteiger partial charge in [-0.3, -0.25) is 4.98 Å². The van der Waals surface area contributed by atoms with Crippen LogP contribution in [0.3, 0.4) is 0 Å². The molecule has 2 heterocycles. The van der Waals surface area contributed by atoms with Crippen LogP contribution >= 0.6 is 0 Å². The zero-order valence-corrected chi connectivity index (χ0v) is 7.65. The molecule has 0 saturated heterocycles. The average molecular weight is 177 g/mol. The molecule has 0 spiro atoms. The van der Waals surface area contributed by atoms with Crippen molar-refractivity contribution < 1.29 is 5.11 Å². The van der Waals surface area contributed by atoms with E-state index in [1.54, 1.807) is 6.20 Å². The first-order valence-electron chi connectivity index (χ1n) is 4.13. The molecule has 0 aliphatic carbocycles. The highest BCUT2D eigenvalue weighted by atomic mass is 16.3. The van der Waals surface area contributed by atoms with E-state index in [1.807, 2.05) is 24.4 Å². The van der Waals surface area contributed by atoms with Crippen LogP contribution in [-0.4, -0.2) is 19.5 Å². The molecule has 2 rings (SSSR count). The summed E-state index contributed by atoms with van der Waals surface area (Å²) in [6.45, 7) is 3.92. The van der Waals surface area contributed by atoms with Gasteiger partial charge in [0, 0.05) is 11.9 Å². The summed E-state index contributed by atoms with van der Waals surface area (Å²) in [4.78, 5) is 8.35. The van der Waals surface area contributed by atoms with E-state index >= 15 is 0 Å². The van der Waals surface area contributed by atoms with Crippen LogP contribution in [0.2, 0.25) is 0 Å². The fourth-order valence-corrected chi connectivity index (χ4v) is 1.31. The van der Waals surface area contributed by atoms with Crippen molar-refractivity contribution in [2.45, 2.75) is 20.5 Å². The molecule has 0 radical (unpaired) electrons. The number of imidazole rings is 1. The molecule has 2 aromatic heterocycles. The summed E-state index contributed by atoms with van der Waals surface area (Å²) in [5, 5.41) is 8.90. The van der Waals surface area contributed by atoms with Crippen LogP contribution in [-0.2, 0) is 6.61 Å². The van der Waals surface area contributed by atoms with Crippen LogP contribution in [0, 0.1) is 13.8 Å². The minimum atomic E-state index is -0.0351. The number of hydrogen-bond donors (Lipinski definition) is 1. The van der Waals surface area contributed by atoms with Crippen LogP contribution in [0.5, 0.6) is 0 Å². The summed E-state index contributed by atoms with van der Waals surface area (Å²) in [5.74, 6) is 0. The molecule has 0 amide bonds. The zero-order valence-electron chi connectivity index (χ0n) is 7.65. The largest absolute Gasteiger partial charge is 0.390 e. The third kappa shape index (κ3) is 1.19. The van der Waals surface area contributed by atoms with Gasteiger partial charge in [-0.1, -0.05) is 0 Å². The van der Waals surface area contributed by atoms with E-state index in [9.17, 15) is 0 Å². The fourth-order valence-electron chi connectivity index (χ4n) is 1.31. The third-order valence-electron chi connectivity index (χ3n) is 2.20. The topological polar surface area (TPSA) is 50.4 Å². The second kappa shape index (κ2) is 2.81. The lowest BCUT2D eigenvalue weighted by molar-refractivity contribution is 0.276. The van der Waals surface area contributed by atoms with Crippen molar-refractivity contribution >= 4 is 5.65 Å². The first-order valence-corrected chi connectivity index (χ1v) is 4.13. The lowest BCUT2D eigenvalue weighted by Gasteiger charge is -1.98. The highest BCUT2D eigenvalue weighted by Crippen LogP contribution is 2.10. The van der Waals surface area contributed by atoms with Crippen molar-refractivity contribution in [1.29, 1.82) is 0 Å². The van der Waals surface area contributed by atoms with E-state index in [-0.39, 0.29) is 6.61 Å². The molecule has 0 saturated carbocycles. The molecule has 4 heteroatoms. The van der Waals surface area contributed by atoms with E-state index < -0.39 is 0 Å². The molecule has 2 aromatic rings. The molecule has 1 N–H and O–H groups in total. The van der Waals surface area contributed by atoms with Gasteiger partial charge in [0.2, 0.25) is 0 Å². The zero-order chi connectivity index (χ0) is 9.42. The Morgan fingerprint density at radius 2 is 2.23 bits per heavy atom. The van der Waals surface area contributed by atoms with Crippen LogP contribution < -0.4 is 0 Å². The maximum absolute atomic E-state index is 8.90. The predicted molar refractivity (Wildman–Crippen MR) is 48.4 cm³/mol. The number of nitrogens with zero attached hydrogens (tertiary/aromatic N) is 3. The van der Waals surface area contributed by atoms with Crippen molar-refractivity contribution in [2.75, 3.05) is 0 Å². The van der Waals surface area contributed by atoms with Gasteiger partial charge in [0.25, 0.3) is 0 Å². The predicted octanol–water partition coefficient (Wildman–Crippen LogP) is 0.838. The monoisotopic (exact) mass is 177 g/mol. The third-order valence-corrected chi connectivity index (χ3v) is 2.20. The molecule has 0 atom stereocenters. The second-order valence-corrected chi connectivity index (χ2v) is 3.05. The lowest BCUT2D eigenvalue weighted by Crippen LogP contribution is -1.95.